The summed E-state index contributed by atoms with van der Waals surface area (Å²) in [5.74, 6) is -1.74. The summed E-state index contributed by atoms with van der Waals surface area (Å²) >= 11 is 6.44. The van der Waals surface area contributed by atoms with Crippen molar-refractivity contribution in [3.05, 3.63) is 63.6 Å². The topological polar surface area (TPSA) is 101 Å². The third-order valence-electron chi connectivity index (χ3n) is 5.22. The maximum atomic E-state index is 14.5. The summed E-state index contributed by atoms with van der Waals surface area (Å²) in [7, 11) is 3.22. The van der Waals surface area contributed by atoms with Crippen LogP contribution in [-0.2, 0) is 18.3 Å². The van der Waals surface area contributed by atoms with Crippen LogP contribution in [0.4, 0.5) is 4.39 Å². The molecule has 1 aromatic heterocycles. The van der Waals surface area contributed by atoms with Gasteiger partial charge in [0.1, 0.15) is 17.3 Å². The van der Waals surface area contributed by atoms with Crippen LogP contribution >= 0.6 is 11.6 Å². The molecule has 0 fully saturated rings. The van der Waals surface area contributed by atoms with Crippen molar-refractivity contribution in [2.24, 2.45) is 7.05 Å². The molecular formula is C22H22ClFN2O5. The smallest absolute Gasteiger partial charge is 0.307 e. The molecule has 2 aromatic carbocycles. The molecular weight excluding hydrogens is 427 g/mol. The summed E-state index contributed by atoms with van der Waals surface area (Å²) < 4.78 is 21.5. The second kappa shape index (κ2) is 8.95. The molecule has 9 heteroatoms. The zero-order valence-electron chi connectivity index (χ0n) is 17.2. The van der Waals surface area contributed by atoms with Crippen LogP contribution in [0.2, 0.25) is 5.02 Å². The number of nitrogens with one attached hydrogen (secondary N) is 1. The first kappa shape index (κ1) is 22.6. The van der Waals surface area contributed by atoms with Gasteiger partial charge in [-0.05, 0) is 24.6 Å². The summed E-state index contributed by atoms with van der Waals surface area (Å²) in [4.78, 5) is 23.7. The van der Waals surface area contributed by atoms with Gasteiger partial charge in [0, 0.05) is 29.6 Å². The Balaban J connectivity index is 1.93. The summed E-state index contributed by atoms with van der Waals surface area (Å²) in [5.41, 5.74) is 2.03. The molecule has 0 aliphatic rings. The maximum absolute atomic E-state index is 14.5. The number of fused-ring (bicyclic) bond motifs is 1. The van der Waals surface area contributed by atoms with Crippen molar-refractivity contribution in [1.82, 2.24) is 9.88 Å². The van der Waals surface area contributed by atoms with Gasteiger partial charge in [0.2, 0.25) is 0 Å². The van der Waals surface area contributed by atoms with Crippen molar-refractivity contribution in [3.8, 4) is 5.75 Å². The van der Waals surface area contributed by atoms with E-state index >= 15 is 0 Å². The lowest BCUT2D eigenvalue weighted by molar-refractivity contribution is -0.136. The number of carbonyl (C=O) groups excluding carboxylic acids is 1. The largest absolute Gasteiger partial charge is 0.496 e. The van der Waals surface area contributed by atoms with Crippen molar-refractivity contribution >= 4 is 34.4 Å². The van der Waals surface area contributed by atoms with Crippen molar-refractivity contribution in [3.63, 3.8) is 0 Å². The van der Waals surface area contributed by atoms with Crippen LogP contribution in [0.15, 0.2) is 30.3 Å². The van der Waals surface area contributed by atoms with Crippen LogP contribution in [0, 0.1) is 12.7 Å². The number of aliphatic hydroxyl groups excluding tert-OH is 1. The minimum atomic E-state index is -1.08. The van der Waals surface area contributed by atoms with Gasteiger partial charge in [0.15, 0.2) is 0 Å². The molecule has 0 spiro atoms. The fraction of sp³-hybridized carbons (Fsp3) is 0.273. The Morgan fingerprint density at radius 3 is 2.58 bits per heavy atom. The predicted molar refractivity (Wildman–Crippen MR) is 114 cm³/mol. The van der Waals surface area contributed by atoms with E-state index in [0.717, 1.165) is 11.6 Å². The van der Waals surface area contributed by atoms with Gasteiger partial charge >= 0.3 is 5.97 Å². The Hall–Kier alpha value is -3.10. The van der Waals surface area contributed by atoms with E-state index in [1.165, 1.54) is 19.2 Å². The third-order valence-corrected chi connectivity index (χ3v) is 5.71. The van der Waals surface area contributed by atoms with E-state index in [-0.39, 0.29) is 23.2 Å². The molecule has 7 nitrogen and oxygen atoms in total. The number of carboxylic acids is 1. The number of carbonyl (C=O) groups is 2. The first-order chi connectivity index (χ1) is 14.7. The number of benzene rings is 2. The number of aliphatic carboxylic acids is 1. The zero-order chi connectivity index (χ0) is 22.9. The molecule has 31 heavy (non-hydrogen) atoms. The first-order valence-electron chi connectivity index (χ1n) is 9.42. The summed E-state index contributed by atoms with van der Waals surface area (Å²) in [5, 5.41) is 22.3. The molecule has 1 amide bonds. The van der Waals surface area contributed by atoms with E-state index in [4.69, 9.17) is 21.4 Å². The lowest BCUT2D eigenvalue weighted by Gasteiger charge is -2.18. The average Bonchev–Trinajstić information content (AvgIpc) is 3.05. The Kier molecular flexibility index (Phi) is 6.52. The van der Waals surface area contributed by atoms with E-state index in [0.29, 0.717) is 21.7 Å². The number of nitrogens with zero attached hydrogens (tertiary/aromatic N) is 1. The van der Waals surface area contributed by atoms with E-state index in [1.54, 1.807) is 23.7 Å². The summed E-state index contributed by atoms with van der Waals surface area (Å²) in [6, 6.07) is 6.28. The fourth-order valence-corrected chi connectivity index (χ4v) is 3.78. The number of rotatable bonds is 7. The van der Waals surface area contributed by atoms with Gasteiger partial charge < -0.3 is 24.8 Å². The Morgan fingerprint density at radius 2 is 2.00 bits per heavy atom. The number of aryl methyl sites for hydroxylation is 1. The van der Waals surface area contributed by atoms with Gasteiger partial charge in [0.05, 0.1) is 36.7 Å². The van der Waals surface area contributed by atoms with Crippen molar-refractivity contribution in [1.29, 1.82) is 0 Å². The normalized spacial score (nSPS) is 12.1. The minimum absolute atomic E-state index is 0.0549. The SMILES string of the molecule is COc1cc2c(cc(C(=O)N[C@H](CO)c3ccc(CC(=O)O)cc3F)n2C)c(Cl)c1C. The summed E-state index contributed by atoms with van der Waals surface area (Å²) in [6.45, 7) is 1.27. The highest BCUT2D eigenvalue weighted by molar-refractivity contribution is 6.36. The van der Waals surface area contributed by atoms with E-state index < -0.39 is 30.3 Å². The van der Waals surface area contributed by atoms with E-state index in [1.807, 2.05) is 6.92 Å². The van der Waals surface area contributed by atoms with Crippen molar-refractivity contribution < 1.29 is 28.9 Å². The van der Waals surface area contributed by atoms with Crippen LogP contribution in [0.25, 0.3) is 10.9 Å². The van der Waals surface area contributed by atoms with Gasteiger partial charge in [-0.25, -0.2) is 4.39 Å². The Morgan fingerprint density at radius 1 is 1.29 bits per heavy atom. The molecule has 1 heterocycles. The van der Waals surface area contributed by atoms with Crippen LogP contribution < -0.4 is 10.1 Å². The number of halogens is 2. The zero-order valence-corrected chi connectivity index (χ0v) is 18.0. The monoisotopic (exact) mass is 448 g/mol. The number of hydrogen-bond acceptors (Lipinski definition) is 4. The summed E-state index contributed by atoms with van der Waals surface area (Å²) in [6.07, 6.45) is -0.326. The van der Waals surface area contributed by atoms with Crippen LogP contribution in [0.5, 0.6) is 5.75 Å². The van der Waals surface area contributed by atoms with Gasteiger partial charge in [-0.15, -0.1) is 0 Å². The van der Waals surface area contributed by atoms with Crippen molar-refractivity contribution in [2.75, 3.05) is 13.7 Å². The minimum Gasteiger partial charge on any atom is -0.496 e. The van der Waals surface area contributed by atoms with Gasteiger partial charge in [0.25, 0.3) is 5.91 Å². The molecule has 3 aromatic rings. The number of aromatic nitrogens is 1. The molecule has 0 saturated heterocycles. The van der Waals surface area contributed by atoms with E-state index in [9.17, 15) is 19.1 Å². The number of ether oxygens (including phenoxy) is 1. The lowest BCUT2D eigenvalue weighted by atomic mass is 10.0. The second-order valence-corrected chi connectivity index (χ2v) is 7.55. The van der Waals surface area contributed by atoms with Crippen LogP contribution in [0.1, 0.15) is 33.2 Å². The molecule has 1 atom stereocenters. The average molecular weight is 449 g/mol. The highest BCUT2D eigenvalue weighted by Crippen LogP contribution is 2.35. The van der Waals surface area contributed by atoms with Crippen LogP contribution in [0.3, 0.4) is 0 Å². The number of amides is 1. The predicted octanol–water partition coefficient (Wildman–Crippen LogP) is 3.38. The molecule has 0 saturated carbocycles. The quantitative estimate of drug-likeness (QED) is 0.514. The lowest BCUT2D eigenvalue weighted by Crippen LogP contribution is -2.32. The van der Waals surface area contributed by atoms with Crippen molar-refractivity contribution in [2.45, 2.75) is 19.4 Å². The first-order valence-corrected chi connectivity index (χ1v) is 9.80. The highest BCUT2D eigenvalue weighted by atomic mass is 35.5. The standard InChI is InChI=1S/C22H22ClFN2O5/c1-11-19(31-3)9-17-14(21(11)23)8-18(26(17)2)22(30)25-16(10-27)13-5-4-12(6-15(13)24)7-20(28)29/h4-6,8-9,16,27H,7,10H2,1-3H3,(H,25,30)(H,28,29)/t16-/m1/s1. The molecule has 3 rings (SSSR count). The molecule has 0 bridgehead atoms. The highest BCUT2D eigenvalue weighted by Gasteiger charge is 2.23. The molecule has 164 valence electrons. The fourth-order valence-electron chi connectivity index (χ4n) is 3.53. The number of carboxylic acid groups (broad SMARTS) is 1. The second-order valence-electron chi connectivity index (χ2n) is 7.17. The Bertz CT molecular complexity index is 1170. The molecule has 0 aliphatic heterocycles. The molecule has 0 unspecified atom stereocenters. The van der Waals surface area contributed by atoms with Gasteiger partial charge in [-0.1, -0.05) is 23.7 Å². The van der Waals surface area contributed by atoms with Crippen LogP contribution in [-0.4, -0.2) is 40.4 Å². The molecule has 0 radical (unpaired) electrons. The maximum Gasteiger partial charge on any atom is 0.307 e. The third kappa shape index (κ3) is 4.35. The van der Waals surface area contributed by atoms with Gasteiger partial charge in [-0.3, -0.25) is 9.59 Å². The number of aliphatic hydroxyl groups is 1. The number of hydrogen-bond donors (Lipinski definition) is 3. The van der Waals surface area contributed by atoms with Gasteiger partial charge in [-0.2, -0.15) is 0 Å². The van der Waals surface area contributed by atoms with E-state index in [2.05, 4.69) is 5.32 Å². The molecule has 3 N–H and O–H groups in total. The molecule has 0 aliphatic carbocycles. The Labute approximate surface area is 183 Å². The number of methoxy groups -OCH3 is 1.